The van der Waals surface area contributed by atoms with Gasteiger partial charge in [-0.05, 0) is 26.3 Å². The van der Waals surface area contributed by atoms with Gasteiger partial charge in [0.05, 0.1) is 6.04 Å². The van der Waals surface area contributed by atoms with E-state index in [1.165, 1.54) is 16.8 Å². The molecule has 0 amide bonds. The van der Waals surface area contributed by atoms with Crippen LogP contribution in [0.15, 0.2) is 22.9 Å². The van der Waals surface area contributed by atoms with Crippen molar-refractivity contribution in [2.45, 2.75) is 26.3 Å². The zero-order valence-electron chi connectivity index (χ0n) is 6.86. The van der Waals surface area contributed by atoms with E-state index in [0.29, 0.717) is 6.04 Å². The largest absolute Gasteiger partial charge is 0.311 e. The molecule has 1 unspecified atom stereocenters. The van der Waals surface area contributed by atoms with Crippen LogP contribution in [0.5, 0.6) is 0 Å². The fraction of sp³-hybridized carbons (Fsp3) is 0.500. The summed E-state index contributed by atoms with van der Waals surface area (Å²) in [7, 11) is 0. The SMILES string of the molecule is CC1=C(C)CC2NNNC2=C1. The second-order valence-electron chi connectivity index (χ2n) is 3.21. The van der Waals surface area contributed by atoms with Crippen LogP contribution in [-0.2, 0) is 0 Å². The molecule has 0 aromatic carbocycles. The van der Waals surface area contributed by atoms with Crippen LogP contribution in [0.25, 0.3) is 0 Å². The van der Waals surface area contributed by atoms with Crippen molar-refractivity contribution in [1.82, 2.24) is 16.4 Å². The molecule has 1 fully saturated rings. The molecule has 1 saturated heterocycles. The first-order valence-corrected chi connectivity index (χ1v) is 3.92. The Balaban J connectivity index is 2.29. The monoisotopic (exact) mass is 151 g/mol. The molecule has 2 rings (SSSR count). The lowest BCUT2D eigenvalue weighted by Crippen LogP contribution is -2.33. The maximum absolute atomic E-state index is 3.15. The average Bonchev–Trinajstić information content (AvgIpc) is 2.36. The van der Waals surface area contributed by atoms with Gasteiger partial charge in [0.25, 0.3) is 0 Å². The van der Waals surface area contributed by atoms with Crippen LogP contribution in [0.3, 0.4) is 0 Å². The molecular formula is C8H13N3. The summed E-state index contributed by atoms with van der Waals surface area (Å²) < 4.78 is 0. The van der Waals surface area contributed by atoms with Crippen molar-refractivity contribution in [3.8, 4) is 0 Å². The quantitative estimate of drug-likeness (QED) is 0.474. The van der Waals surface area contributed by atoms with Gasteiger partial charge in [-0.1, -0.05) is 11.1 Å². The zero-order valence-corrected chi connectivity index (χ0v) is 6.86. The van der Waals surface area contributed by atoms with Gasteiger partial charge in [0.1, 0.15) is 0 Å². The molecular weight excluding hydrogens is 138 g/mol. The maximum atomic E-state index is 3.15. The lowest BCUT2D eigenvalue weighted by molar-refractivity contribution is 0.539. The summed E-state index contributed by atoms with van der Waals surface area (Å²) >= 11 is 0. The van der Waals surface area contributed by atoms with Crippen LogP contribution < -0.4 is 16.4 Å². The van der Waals surface area contributed by atoms with Crippen LogP contribution in [-0.4, -0.2) is 6.04 Å². The maximum Gasteiger partial charge on any atom is 0.0677 e. The fourth-order valence-electron chi connectivity index (χ4n) is 1.48. The predicted molar refractivity (Wildman–Crippen MR) is 44.3 cm³/mol. The topological polar surface area (TPSA) is 36.1 Å². The van der Waals surface area contributed by atoms with Gasteiger partial charge >= 0.3 is 0 Å². The van der Waals surface area contributed by atoms with Crippen molar-refractivity contribution < 1.29 is 0 Å². The first kappa shape index (κ1) is 6.88. The van der Waals surface area contributed by atoms with Gasteiger partial charge in [-0.15, -0.1) is 0 Å². The van der Waals surface area contributed by atoms with Crippen LogP contribution >= 0.6 is 0 Å². The molecule has 3 N–H and O–H groups in total. The molecule has 1 atom stereocenters. The Kier molecular flexibility index (Phi) is 1.47. The van der Waals surface area contributed by atoms with Crippen LogP contribution in [0.1, 0.15) is 20.3 Å². The summed E-state index contributed by atoms with van der Waals surface area (Å²) in [6.07, 6.45) is 3.30. The van der Waals surface area contributed by atoms with Crippen molar-refractivity contribution in [2.24, 2.45) is 0 Å². The average molecular weight is 151 g/mol. The minimum atomic E-state index is 0.457. The first-order chi connectivity index (χ1) is 5.27. The normalized spacial score (nSPS) is 29.6. The molecule has 2 aliphatic rings. The minimum Gasteiger partial charge on any atom is -0.311 e. The highest BCUT2D eigenvalue weighted by molar-refractivity contribution is 5.34. The summed E-state index contributed by atoms with van der Waals surface area (Å²) in [5, 5.41) is 0. The van der Waals surface area contributed by atoms with E-state index >= 15 is 0 Å². The fourth-order valence-corrected chi connectivity index (χ4v) is 1.48. The van der Waals surface area contributed by atoms with Gasteiger partial charge in [-0.25, -0.2) is 5.43 Å². The Morgan fingerprint density at radius 2 is 2.27 bits per heavy atom. The van der Waals surface area contributed by atoms with Crippen molar-refractivity contribution in [3.63, 3.8) is 0 Å². The highest BCUT2D eigenvalue weighted by atomic mass is 15.6. The lowest BCUT2D eigenvalue weighted by atomic mass is 9.95. The van der Waals surface area contributed by atoms with Crippen LogP contribution in [0.2, 0.25) is 0 Å². The van der Waals surface area contributed by atoms with E-state index in [1.54, 1.807) is 0 Å². The molecule has 0 spiro atoms. The number of allylic oxidation sites excluding steroid dienone is 2. The molecule has 11 heavy (non-hydrogen) atoms. The summed E-state index contributed by atoms with van der Waals surface area (Å²) in [4.78, 5) is 0. The smallest absolute Gasteiger partial charge is 0.0677 e. The molecule has 3 heteroatoms. The minimum absolute atomic E-state index is 0.457. The van der Waals surface area contributed by atoms with E-state index in [0.717, 1.165) is 6.42 Å². The summed E-state index contributed by atoms with van der Waals surface area (Å²) in [6, 6.07) is 0.457. The molecule has 1 aliphatic carbocycles. The second kappa shape index (κ2) is 2.36. The summed E-state index contributed by atoms with van der Waals surface area (Å²) in [5.74, 6) is 0. The number of nitrogens with one attached hydrogen (secondary N) is 3. The van der Waals surface area contributed by atoms with E-state index in [1.807, 2.05) is 0 Å². The zero-order chi connectivity index (χ0) is 7.84. The molecule has 1 heterocycles. The molecule has 0 aromatic rings. The van der Waals surface area contributed by atoms with Gasteiger partial charge in [-0.2, -0.15) is 5.53 Å². The number of fused-ring (bicyclic) bond motifs is 1. The highest BCUT2D eigenvalue weighted by Gasteiger charge is 2.23. The van der Waals surface area contributed by atoms with E-state index in [2.05, 4.69) is 36.3 Å². The Morgan fingerprint density at radius 1 is 1.45 bits per heavy atom. The van der Waals surface area contributed by atoms with Crippen molar-refractivity contribution in [3.05, 3.63) is 22.9 Å². The summed E-state index contributed by atoms with van der Waals surface area (Å²) in [6.45, 7) is 4.33. The van der Waals surface area contributed by atoms with Gasteiger partial charge in [0.15, 0.2) is 0 Å². The molecule has 0 aromatic heterocycles. The van der Waals surface area contributed by atoms with Gasteiger partial charge in [0.2, 0.25) is 0 Å². The first-order valence-electron chi connectivity index (χ1n) is 3.92. The third kappa shape index (κ3) is 1.06. The Bertz CT molecular complexity index is 240. The van der Waals surface area contributed by atoms with Crippen LogP contribution in [0, 0.1) is 0 Å². The number of hydrazine groups is 2. The predicted octanol–water partition coefficient (Wildman–Crippen LogP) is 0.591. The molecule has 0 radical (unpaired) electrons. The molecule has 0 saturated carbocycles. The Hall–Kier alpha value is -0.800. The van der Waals surface area contributed by atoms with Gasteiger partial charge in [0, 0.05) is 5.70 Å². The third-order valence-electron chi connectivity index (χ3n) is 2.38. The van der Waals surface area contributed by atoms with Crippen molar-refractivity contribution >= 4 is 0 Å². The molecule has 1 aliphatic heterocycles. The Morgan fingerprint density at radius 3 is 3.09 bits per heavy atom. The number of hydrogen-bond donors (Lipinski definition) is 3. The molecule has 60 valence electrons. The lowest BCUT2D eigenvalue weighted by Gasteiger charge is -2.17. The standard InChI is InChI=1S/C8H13N3/c1-5-3-7-8(4-6(5)2)10-11-9-7/h3,8-11H,4H2,1-2H3. The van der Waals surface area contributed by atoms with E-state index in [-0.39, 0.29) is 0 Å². The Labute approximate surface area is 66.5 Å². The van der Waals surface area contributed by atoms with E-state index in [9.17, 15) is 0 Å². The van der Waals surface area contributed by atoms with Crippen molar-refractivity contribution in [2.75, 3.05) is 0 Å². The molecule has 0 bridgehead atoms. The highest BCUT2D eigenvalue weighted by Crippen LogP contribution is 2.23. The second-order valence-corrected chi connectivity index (χ2v) is 3.21. The molecule has 3 nitrogen and oxygen atoms in total. The number of rotatable bonds is 0. The van der Waals surface area contributed by atoms with E-state index < -0.39 is 0 Å². The van der Waals surface area contributed by atoms with Crippen molar-refractivity contribution in [1.29, 1.82) is 0 Å². The third-order valence-corrected chi connectivity index (χ3v) is 2.38. The number of hydrogen-bond acceptors (Lipinski definition) is 3. The van der Waals surface area contributed by atoms with E-state index in [4.69, 9.17) is 0 Å². The van der Waals surface area contributed by atoms with Gasteiger partial charge < -0.3 is 5.43 Å². The van der Waals surface area contributed by atoms with Crippen LogP contribution in [0.4, 0.5) is 0 Å². The van der Waals surface area contributed by atoms with Gasteiger partial charge in [-0.3, -0.25) is 0 Å². The summed E-state index contributed by atoms with van der Waals surface area (Å²) in [5.41, 5.74) is 13.2.